The highest BCUT2D eigenvalue weighted by atomic mass is 19.2. The lowest BCUT2D eigenvalue weighted by atomic mass is 10.0. The van der Waals surface area contributed by atoms with Crippen LogP contribution in [0.3, 0.4) is 0 Å². The predicted molar refractivity (Wildman–Crippen MR) is 131 cm³/mol. The van der Waals surface area contributed by atoms with E-state index in [1.807, 2.05) is 48.5 Å². The monoisotopic (exact) mass is 464 g/mol. The first-order valence-electron chi connectivity index (χ1n) is 11.6. The molecule has 178 valence electrons. The molecule has 0 aliphatic heterocycles. The summed E-state index contributed by atoms with van der Waals surface area (Å²) in [6.07, 6.45) is 4.41. The highest BCUT2D eigenvalue weighted by Crippen LogP contribution is 2.24. The van der Waals surface area contributed by atoms with Crippen LogP contribution in [0.5, 0.6) is 11.5 Å². The summed E-state index contributed by atoms with van der Waals surface area (Å²) in [6.45, 7) is 3.50. The molecule has 0 spiro atoms. The molecule has 3 nitrogen and oxygen atoms in total. The maximum atomic E-state index is 14.2. The van der Waals surface area contributed by atoms with Gasteiger partial charge >= 0.3 is 0 Å². The molecule has 0 saturated heterocycles. The Labute approximate surface area is 200 Å². The summed E-state index contributed by atoms with van der Waals surface area (Å²) in [5.74, 6) is 4.32. The van der Waals surface area contributed by atoms with Gasteiger partial charge in [-0.2, -0.15) is 4.39 Å². The number of rotatable bonds is 11. The smallest absolute Gasteiger partial charge is 0.201 e. The fourth-order valence-corrected chi connectivity index (χ4v) is 3.42. The van der Waals surface area contributed by atoms with Gasteiger partial charge in [0, 0.05) is 19.3 Å². The van der Waals surface area contributed by atoms with Crippen molar-refractivity contribution >= 4 is 0 Å². The van der Waals surface area contributed by atoms with Crippen LogP contribution >= 0.6 is 0 Å². The summed E-state index contributed by atoms with van der Waals surface area (Å²) in [5, 5.41) is 0. The highest BCUT2D eigenvalue weighted by Gasteiger charge is 2.12. The lowest BCUT2D eigenvalue weighted by Crippen LogP contribution is -1.98. The number of benzene rings is 3. The summed E-state index contributed by atoms with van der Waals surface area (Å²) in [4.78, 5) is 0. The van der Waals surface area contributed by atoms with E-state index in [0.717, 1.165) is 49.2 Å². The summed E-state index contributed by atoms with van der Waals surface area (Å²) >= 11 is 0. The van der Waals surface area contributed by atoms with E-state index < -0.39 is 11.6 Å². The SMILES string of the molecule is CCOc1ccc(C#Cc2ccc(-c3ccc(OCCCCCCOC)cc3)cc2)c(F)c1F. The minimum Gasteiger partial charge on any atom is -0.494 e. The lowest BCUT2D eigenvalue weighted by Gasteiger charge is -2.08. The summed E-state index contributed by atoms with van der Waals surface area (Å²) in [5.41, 5.74) is 2.80. The van der Waals surface area contributed by atoms with Crippen molar-refractivity contribution in [1.82, 2.24) is 0 Å². The van der Waals surface area contributed by atoms with E-state index in [0.29, 0.717) is 12.2 Å². The van der Waals surface area contributed by atoms with Crippen LogP contribution in [0.25, 0.3) is 11.1 Å². The van der Waals surface area contributed by atoms with Gasteiger partial charge in [0.2, 0.25) is 5.82 Å². The Morgan fingerprint density at radius 2 is 1.32 bits per heavy atom. The van der Waals surface area contributed by atoms with Gasteiger partial charge in [-0.05, 0) is 73.7 Å². The quantitative estimate of drug-likeness (QED) is 0.226. The van der Waals surface area contributed by atoms with Crippen LogP contribution < -0.4 is 9.47 Å². The maximum absolute atomic E-state index is 14.2. The molecule has 0 atom stereocenters. The zero-order chi connectivity index (χ0) is 24.2. The molecular formula is C29H30F2O3. The Hall–Kier alpha value is -3.36. The Morgan fingerprint density at radius 3 is 1.97 bits per heavy atom. The third-order valence-electron chi connectivity index (χ3n) is 5.27. The van der Waals surface area contributed by atoms with E-state index in [9.17, 15) is 8.78 Å². The van der Waals surface area contributed by atoms with E-state index in [2.05, 4.69) is 11.8 Å². The molecule has 0 bridgehead atoms. The van der Waals surface area contributed by atoms with Crippen molar-refractivity contribution in [2.24, 2.45) is 0 Å². The number of hydrogen-bond acceptors (Lipinski definition) is 3. The normalized spacial score (nSPS) is 10.5. The van der Waals surface area contributed by atoms with Gasteiger partial charge in [-0.15, -0.1) is 0 Å². The molecule has 0 aromatic heterocycles. The predicted octanol–water partition coefficient (Wildman–Crippen LogP) is 7.02. The third-order valence-corrected chi connectivity index (χ3v) is 5.27. The zero-order valence-corrected chi connectivity index (χ0v) is 19.7. The molecule has 3 aromatic carbocycles. The van der Waals surface area contributed by atoms with Crippen LogP contribution in [0.1, 0.15) is 43.7 Å². The molecule has 0 aliphatic carbocycles. The van der Waals surface area contributed by atoms with Gasteiger partial charge in [0.15, 0.2) is 11.6 Å². The topological polar surface area (TPSA) is 27.7 Å². The van der Waals surface area contributed by atoms with Crippen molar-refractivity contribution in [2.45, 2.75) is 32.6 Å². The average Bonchev–Trinajstić information content (AvgIpc) is 2.87. The summed E-state index contributed by atoms with van der Waals surface area (Å²) in [7, 11) is 1.73. The minimum absolute atomic E-state index is 0.00408. The second kappa shape index (κ2) is 13.4. The maximum Gasteiger partial charge on any atom is 0.201 e. The standard InChI is InChI=1S/C29H30F2O3/c1-3-33-27-19-16-25(28(30)29(27)31)13-10-22-8-11-23(12-9-22)24-14-17-26(18-15-24)34-21-7-5-4-6-20-32-2/h8-9,11-12,14-19H,3-7,20-21H2,1-2H3. The molecule has 0 N–H and O–H groups in total. The first kappa shape index (κ1) is 25.3. The lowest BCUT2D eigenvalue weighted by molar-refractivity contribution is 0.191. The van der Waals surface area contributed by atoms with Crippen molar-refractivity contribution in [3.8, 4) is 34.5 Å². The first-order valence-corrected chi connectivity index (χ1v) is 11.6. The van der Waals surface area contributed by atoms with Crippen LogP contribution in [0.15, 0.2) is 60.7 Å². The van der Waals surface area contributed by atoms with Crippen LogP contribution in [0.4, 0.5) is 8.78 Å². The van der Waals surface area contributed by atoms with Gasteiger partial charge in [-0.25, -0.2) is 4.39 Å². The largest absolute Gasteiger partial charge is 0.494 e. The van der Waals surface area contributed by atoms with Crippen LogP contribution in [-0.4, -0.2) is 26.9 Å². The Balaban J connectivity index is 1.56. The van der Waals surface area contributed by atoms with E-state index in [1.54, 1.807) is 14.0 Å². The van der Waals surface area contributed by atoms with Gasteiger partial charge < -0.3 is 14.2 Å². The van der Waals surface area contributed by atoms with E-state index in [-0.39, 0.29) is 17.9 Å². The van der Waals surface area contributed by atoms with Crippen LogP contribution in [0, 0.1) is 23.5 Å². The molecule has 5 heteroatoms. The second-order valence-corrected chi connectivity index (χ2v) is 7.78. The number of ether oxygens (including phenoxy) is 3. The zero-order valence-electron chi connectivity index (χ0n) is 19.7. The van der Waals surface area contributed by atoms with Gasteiger partial charge in [0.05, 0.1) is 18.8 Å². The first-order chi connectivity index (χ1) is 16.6. The Bertz CT molecular complexity index is 1100. The van der Waals surface area contributed by atoms with Crippen molar-refractivity contribution in [2.75, 3.05) is 26.9 Å². The minimum atomic E-state index is -1.02. The number of methoxy groups -OCH3 is 1. The van der Waals surface area contributed by atoms with Crippen molar-refractivity contribution in [3.05, 3.63) is 83.4 Å². The Kier molecular flexibility index (Phi) is 9.94. The van der Waals surface area contributed by atoms with E-state index in [4.69, 9.17) is 14.2 Å². The fourth-order valence-electron chi connectivity index (χ4n) is 3.42. The van der Waals surface area contributed by atoms with Gasteiger partial charge in [0.25, 0.3) is 0 Å². The molecule has 0 aliphatic rings. The summed E-state index contributed by atoms with van der Waals surface area (Å²) in [6, 6.07) is 18.4. The van der Waals surface area contributed by atoms with Gasteiger partial charge in [-0.3, -0.25) is 0 Å². The molecular weight excluding hydrogens is 434 g/mol. The summed E-state index contributed by atoms with van der Waals surface area (Å²) < 4.78 is 44.1. The molecule has 0 fully saturated rings. The third kappa shape index (κ3) is 7.33. The molecule has 3 rings (SSSR count). The second-order valence-electron chi connectivity index (χ2n) is 7.78. The van der Waals surface area contributed by atoms with Crippen LogP contribution in [0.2, 0.25) is 0 Å². The number of halogens is 2. The van der Waals surface area contributed by atoms with E-state index in [1.165, 1.54) is 12.1 Å². The molecule has 0 heterocycles. The van der Waals surface area contributed by atoms with Crippen LogP contribution in [-0.2, 0) is 4.74 Å². The number of hydrogen-bond donors (Lipinski definition) is 0. The molecule has 0 unspecified atom stereocenters. The number of unbranched alkanes of at least 4 members (excludes halogenated alkanes) is 3. The average molecular weight is 465 g/mol. The highest BCUT2D eigenvalue weighted by molar-refractivity contribution is 5.65. The molecule has 3 aromatic rings. The van der Waals surface area contributed by atoms with E-state index >= 15 is 0 Å². The molecule has 0 saturated carbocycles. The molecule has 34 heavy (non-hydrogen) atoms. The van der Waals surface area contributed by atoms with Crippen molar-refractivity contribution in [1.29, 1.82) is 0 Å². The van der Waals surface area contributed by atoms with Crippen molar-refractivity contribution in [3.63, 3.8) is 0 Å². The Morgan fingerprint density at radius 1 is 0.676 bits per heavy atom. The van der Waals surface area contributed by atoms with Gasteiger partial charge in [-0.1, -0.05) is 42.5 Å². The van der Waals surface area contributed by atoms with Crippen molar-refractivity contribution < 1.29 is 23.0 Å². The molecule has 0 radical (unpaired) electrons. The fraction of sp³-hybridized carbons (Fsp3) is 0.310. The molecule has 0 amide bonds. The van der Waals surface area contributed by atoms with Gasteiger partial charge in [0.1, 0.15) is 5.75 Å².